The van der Waals surface area contributed by atoms with Gasteiger partial charge < -0.3 is 15.4 Å². The number of aryl methyl sites for hydroxylation is 1. The quantitative estimate of drug-likeness (QED) is 0.691. The van der Waals surface area contributed by atoms with Crippen molar-refractivity contribution in [3.8, 4) is 11.4 Å². The summed E-state index contributed by atoms with van der Waals surface area (Å²) < 4.78 is 0. The van der Waals surface area contributed by atoms with E-state index in [1.807, 2.05) is 43.3 Å². The number of anilines is 1. The van der Waals surface area contributed by atoms with Gasteiger partial charge in [-0.15, -0.1) is 0 Å². The third kappa shape index (κ3) is 3.09. The van der Waals surface area contributed by atoms with Gasteiger partial charge >= 0.3 is 0 Å². The van der Waals surface area contributed by atoms with Crippen LogP contribution in [-0.4, -0.2) is 32.2 Å². The molecule has 0 fully saturated rings. The predicted octanol–water partition coefficient (Wildman–Crippen LogP) is 3.12. The topological polar surface area (TPSA) is 73.8 Å². The molecule has 0 unspecified atom stereocenters. The molecular weight excluding hydrogens is 276 g/mol. The van der Waals surface area contributed by atoms with E-state index in [2.05, 4.69) is 20.3 Å². The maximum Gasteiger partial charge on any atom is 0.163 e. The van der Waals surface area contributed by atoms with Gasteiger partial charge in [0, 0.05) is 17.8 Å². The number of aromatic nitrogens is 3. The van der Waals surface area contributed by atoms with Crippen LogP contribution in [0.15, 0.2) is 36.4 Å². The normalized spacial score (nSPS) is 11.8. The summed E-state index contributed by atoms with van der Waals surface area (Å²) in [5.74, 6) is 1.39. The highest BCUT2D eigenvalue weighted by atomic mass is 16.3. The third-order valence-electron chi connectivity index (χ3n) is 3.34. The lowest BCUT2D eigenvalue weighted by Crippen LogP contribution is -2.29. The van der Waals surface area contributed by atoms with Crippen LogP contribution in [0.5, 0.6) is 0 Å². The number of hydrogen-bond acceptors (Lipinski definition) is 4. The highest BCUT2D eigenvalue weighted by molar-refractivity contribution is 5.89. The number of H-pyrrole nitrogens is 1. The Morgan fingerprint density at radius 1 is 1.18 bits per heavy atom. The molecule has 0 saturated heterocycles. The first-order valence-corrected chi connectivity index (χ1v) is 7.31. The maximum absolute atomic E-state index is 9.93. The lowest BCUT2D eigenvalue weighted by Gasteiger charge is -2.18. The molecule has 5 heteroatoms. The van der Waals surface area contributed by atoms with Crippen LogP contribution >= 0.6 is 0 Å². The van der Waals surface area contributed by atoms with Crippen molar-refractivity contribution in [3.05, 3.63) is 42.1 Å². The molecule has 1 aromatic carbocycles. The maximum atomic E-state index is 9.93. The average molecular weight is 296 g/mol. The van der Waals surface area contributed by atoms with E-state index < -0.39 is 5.60 Å². The van der Waals surface area contributed by atoms with E-state index in [4.69, 9.17) is 0 Å². The van der Waals surface area contributed by atoms with E-state index in [0.29, 0.717) is 12.4 Å². The number of nitrogens with one attached hydrogen (secondary N) is 2. The van der Waals surface area contributed by atoms with E-state index in [-0.39, 0.29) is 0 Å². The minimum absolute atomic E-state index is 0.414. The first-order valence-electron chi connectivity index (χ1n) is 7.31. The van der Waals surface area contributed by atoms with Crippen molar-refractivity contribution in [1.29, 1.82) is 0 Å². The van der Waals surface area contributed by atoms with Gasteiger partial charge in [-0.25, -0.2) is 9.97 Å². The summed E-state index contributed by atoms with van der Waals surface area (Å²) in [4.78, 5) is 12.5. The fraction of sp³-hybridized carbons (Fsp3) is 0.294. The van der Waals surface area contributed by atoms with Crippen LogP contribution in [0.4, 0.5) is 5.82 Å². The van der Waals surface area contributed by atoms with Gasteiger partial charge in [-0.05, 0) is 26.8 Å². The molecule has 22 heavy (non-hydrogen) atoms. The fourth-order valence-corrected chi connectivity index (χ4v) is 2.29. The molecule has 0 aliphatic heterocycles. The zero-order valence-electron chi connectivity index (χ0n) is 13.0. The molecule has 3 N–H and O–H groups in total. The van der Waals surface area contributed by atoms with Crippen molar-refractivity contribution in [3.63, 3.8) is 0 Å². The number of hydrogen-bond donors (Lipinski definition) is 3. The zero-order valence-corrected chi connectivity index (χ0v) is 13.0. The second-order valence-electron chi connectivity index (χ2n) is 6.14. The molecule has 2 aromatic heterocycles. The molecule has 0 aliphatic rings. The second-order valence-corrected chi connectivity index (χ2v) is 6.14. The van der Waals surface area contributed by atoms with E-state index in [0.717, 1.165) is 28.1 Å². The van der Waals surface area contributed by atoms with Crippen molar-refractivity contribution in [2.45, 2.75) is 26.4 Å². The molecule has 0 atom stereocenters. The molecule has 0 spiro atoms. The van der Waals surface area contributed by atoms with E-state index >= 15 is 0 Å². The predicted molar refractivity (Wildman–Crippen MR) is 88.8 cm³/mol. The Labute approximate surface area is 129 Å². The molecule has 0 amide bonds. The Morgan fingerprint density at radius 3 is 2.59 bits per heavy atom. The number of nitrogens with zero attached hydrogens (tertiary/aromatic N) is 2. The summed E-state index contributed by atoms with van der Waals surface area (Å²) >= 11 is 0. The number of fused-ring (bicyclic) bond motifs is 1. The highest BCUT2D eigenvalue weighted by Gasteiger charge is 2.16. The Morgan fingerprint density at radius 2 is 1.91 bits per heavy atom. The fourth-order valence-electron chi connectivity index (χ4n) is 2.29. The molecule has 3 aromatic rings. The molecule has 0 radical (unpaired) electrons. The standard InChI is InChI=1S/C17H20N4O/c1-11-9-13-15(18-10-17(2,3)22)20-14(21-16(13)19-11)12-7-5-4-6-8-12/h4-9,22H,10H2,1-3H3,(H2,18,19,20,21). The number of benzene rings is 1. The first-order chi connectivity index (χ1) is 10.4. The van der Waals surface area contributed by atoms with Crippen LogP contribution in [0.25, 0.3) is 22.4 Å². The van der Waals surface area contributed by atoms with Crippen LogP contribution in [0, 0.1) is 6.92 Å². The molecule has 5 nitrogen and oxygen atoms in total. The highest BCUT2D eigenvalue weighted by Crippen LogP contribution is 2.25. The van der Waals surface area contributed by atoms with Crippen molar-refractivity contribution < 1.29 is 5.11 Å². The molecule has 114 valence electrons. The van der Waals surface area contributed by atoms with E-state index in [1.54, 1.807) is 13.8 Å². The lowest BCUT2D eigenvalue weighted by atomic mass is 10.1. The SMILES string of the molecule is Cc1cc2c(NCC(C)(C)O)nc(-c3ccccc3)nc2[nH]1. The summed E-state index contributed by atoms with van der Waals surface area (Å²) in [5, 5.41) is 14.1. The van der Waals surface area contributed by atoms with Gasteiger partial charge in [0.1, 0.15) is 11.5 Å². The number of aliphatic hydroxyl groups is 1. The summed E-state index contributed by atoms with van der Waals surface area (Å²) in [5.41, 5.74) is 1.98. The summed E-state index contributed by atoms with van der Waals surface area (Å²) in [7, 11) is 0. The lowest BCUT2D eigenvalue weighted by molar-refractivity contribution is 0.0944. The van der Waals surface area contributed by atoms with Gasteiger partial charge in [0.05, 0.1) is 11.0 Å². The number of rotatable bonds is 4. The van der Waals surface area contributed by atoms with Crippen molar-refractivity contribution in [2.75, 3.05) is 11.9 Å². The summed E-state index contributed by atoms with van der Waals surface area (Å²) in [6.45, 7) is 5.93. The van der Waals surface area contributed by atoms with Crippen molar-refractivity contribution >= 4 is 16.9 Å². The monoisotopic (exact) mass is 296 g/mol. The van der Waals surface area contributed by atoms with Gasteiger partial charge in [0.15, 0.2) is 5.82 Å². The molecule has 0 aliphatic carbocycles. The van der Waals surface area contributed by atoms with Gasteiger partial charge in [0.2, 0.25) is 0 Å². The molecular formula is C17H20N4O. The van der Waals surface area contributed by atoms with Crippen molar-refractivity contribution in [1.82, 2.24) is 15.0 Å². The minimum atomic E-state index is -0.810. The smallest absolute Gasteiger partial charge is 0.163 e. The van der Waals surface area contributed by atoms with Crippen LogP contribution in [-0.2, 0) is 0 Å². The Bertz CT molecular complexity index is 788. The molecule has 0 saturated carbocycles. The third-order valence-corrected chi connectivity index (χ3v) is 3.34. The second kappa shape index (κ2) is 5.42. The average Bonchev–Trinajstić information content (AvgIpc) is 2.85. The van der Waals surface area contributed by atoms with Crippen LogP contribution in [0.3, 0.4) is 0 Å². The van der Waals surface area contributed by atoms with E-state index in [9.17, 15) is 5.11 Å². The van der Waals surface area contributed by atoms with Crippen molar-refractivity contribution in [2.24, 2.45) is 0 Å². The minimum Gasteiger partial charge on any atom is -0.389 e. The van der Waals surface area contributed by atoms with E-state index in [1.165, 1.54) is 0 Å². The van der Waals surface area contributed by atoms with Crippen LogP contribution < -0.4 is 5.32 Å². The number of aromatic amines is 1. The largest absolute Gasteiger partial charge is 0.389 e. The van der Waals surface area contributed by atoms with Gasteiger partial charge in [0.25, 0.3) is 0 Å². The molecule has 0 bridgehead atoms. The Hall–Kier alpha value is -2.40. The van der Waals surface area contributed by atoms with Crippen LogP contribution in [0.1, 0.15) is 19.5 Å². The first kappa shape index (κ1) is 14.5. The molecule has 3 rings (SSSR count). The Balaban J connectivity index is 2.08. The van der Waals surface area contributed by atoms with Crippen LogP contribution in [0.2, 0.25) is 0 Å². The molecule has 2 heterocycles. The van der Waals surface area contributed by atoms with Gasteiger partial charge in [-0.1, -0.05) is 30.3 Å². The van der Waals surface area contributed by atoms with Gasteiger partial charge in [-0.3, -0.25) is 0 Å². The Kier molecular flexibility index (Phi) is 3.58. The van der Waals surface area contributed by atoms with Gasteiger partial charge in [-0.2, -0.15) is 0 Å². The summed E-state index contributed by atoms with van der Waals surface area (Å²) in [6.07, 6.45) is 0. The zero-order chi connectivity index (χ0) is 15.7. The summed E-state index contributed by atoms with van der Waals surface area (Å²) in [6, 6.07) is 11.9.